The fourth-order valence-corrected chi connectivity index (χ4v) is 1.44. The number of hydrogen-bond donors (Lipinski definition) is 2. The molecule has 0 aliphatic heterocycles. The van der Waals surface area contributed by atoms with Gasteiger partial charge in [-0.25, -0.2) is 0 Å². The smallest absolute Gasteiger partial charge is 0.313 e. The van der Waals surface area contributed by atoms with E-state index in [-0.39, 0.29) is 0 Å². The summed E-state index contributed by atoms with van der Waals surface area (Å²) in [6, 6.07) is 7.41. The lowest BCUT2D eigenvalue weighted by Gasteiger charge is -2.14. The number of anilines is 1. The third-order valence-corrected chi connectivity index (χ3v) is 2.58. The number of para-hydroxylation sites is 1. The Morgan fingerprint density at radius 3 is 2.56 bits per heavy atom. The summed E-state index contributed by atoms with van der Waals surface area (Å²) in [6.45, 7) is 4.13. The van der Waals surface area contributed by atoms with E-state index in [1.165, 1.54) is 0 Å². The van der Waals surface area contributed by atoms with Crippen LogP contribution < -0.4 is 11.1 Å². The van der Waals surface area contributed by atoms with Crippen LogP contribution in [0.2, 0.25) is 0 Å². The minimum absolute atomic E-state index is 0.323. The Labute approximate surface area is 94.8 Å². The lowest BCUT2D eigenvalue weighted by molar-refractivity contribution is -0.134. The van der Waals surface area contributed by atoms with Gasteiger partial charge < -0.3 is 11.1 Å². The summed E-state index contributed by atoms with van der Waals surface area (Å²) >= 11 is 0. The van der Waals surface area contributed by atoms with Crippen LogP contribution in [0, 0.1) is 0 Å². The largest absolute Gasteiger partial charge is 0.361 e. The highest BCUT2D eigenvalue weighted by Crippen LogP contribution is 2.26. The van der Waals surface area contributed by atoms with Crippen molar-refractivity contribution >= 4 is 17.5 Å². The second kappa shape index (κ2) is 5.30. The number of benzene rings is 1. The zero-order chi connectivity index (χ0) is 12.1. The lowest BCUT2D eigenvalue weighted by atomic mass is 9.97. The summed E-state index contributed by atoms with van der Waals surface area (Å²) in [7, 11) is 0. The second-order valence-electron chi connectivity index (χ2n) is 3.71. The molecule has 0 saturated heterocycles. The molecule has 16 heavy (non-hydrogen) atoms. The van der Waals surface area contributed by atoms with Crippen molar-refractivity contribution in [2.45, 2.75) is 26.2 Å². The molecule has 0 spiro atoms. The van der Waals surface area contributed by atoms with Gasteiger partial charge in [0.05, 0.1) is 0 Å². The highest BCUT2D eigenvalue weighted by atomic mass is 16.2. The van der Waals surface area contributed by atoms with Crippen LogP contribution in [0.3, 0.4) is 0 Å². The fourth-order valence-electron chi connectivity index (χ4n) is 1.44. The quantitative estimate of drug-likeness (QED) is 0.760. The first-order valence-corrected chi connectivity index (χ1v) is 5.26. The molecule has 0 aliphatic rings. The molecule has 0 saturated carbocycles. The van der Waals surface area contributed by atoms with Crippen LogP contribution in [0.15, 0.2) is 24.3 Å². The van der Waals surface area contributed by atoms with Gasteiger partial charge >= 0.3 is 11.8 Å². The number of carbonyl (C=O) groups is 2. The van der Waals surface area contributed by atoms with Crippen molar-refractivity contribution in [1.82, 2.24) is 0 Å². The zero-order valence-corrected chi connectivity index (χ0v) is 9.49. The molecule has 0 aromatic heterocycles. The summed E-state index contributed by atoms with van der Waals surface area (Å²) in [5.41, 5.74) is 6.56. The van der Waals surface area contributed by atoms with Gasteiger partial charge in [0.15, 0.2) is 0 Å². The highest BCUT2D eigenvalue weighted by molar-refractivity contribution is 6.39. The van der Waals surface area contributed by atoms with Gasteiger partial charge in [0, 0.05) is 5.69 Å². The van der Waals surface area contributed by atoms with Crippen molar-refractivity contribution in [3.05, 3.63) is 29.8 Å². The molecule has 0 radical (unpaired) electrons. The molecule has 1 aromatic rings. The van der Waals surface area contributed by atoms with Crippen LogP contribution in [0.25, 0.3) is 0 Å². The van der Waals surface area contributed by atoms with Crippen LogP contribution >= 0.6 is 0 Å². The Bertz CT molecular complexity index is 402. The minimum atomic E-state index is -0.973. The Kier molecular flexibility index (Phi) is 4.05. The van der Waals surface area contributed by atoms with E-state index < -0.39 is 11.8 Å². The third kappa shape index (κ3) is 2.82. The van der Waals surface area contributed by atoms with Gasteiger partial charge in [0.2, 0.25) is 0 Å². The van der Waals surface area contributed by atoms with E-state index in [0.29, 0.717) is 11.6 Å². The monoisotopic (exact) mass is 220 g/mol. The normalized spacial score (nSPS) is 11.9. The molecule has 0 bridgehead atoms. The molecule has 0 fully saturated rings. The van der Waals surface area contributed by atoms with Crippen LogP contribution in [-0.4, -0.2) is 11.8 Å². The number of nitrogens with two attached hydrogens (primary N) is 1. The zero-order valence-electron chi connectivity index (χ0n) is 9.49. The predicted molar refractivity (Wildman–Crippen MR) is 63.0 cm³/mol. The van der Waals surface area contributed by atoms with E-state index in [1.54, 1.807) is 6.07 Å². The maximum Gasteiger partial charge on any atom is 0.313 e. The average molecular weight is 220 g/mol. The van der Waals surface area contributed by atoms with Crippen molar-refractivity contribution in [3.8, 4) is 0 Å². The van der Waals surface area contributed by atoms with Gasteiger partial charge in [-0.2, -0.15) is 0 Å². The number of carbonyl (C=O) groups excluding carboxylic acids is 2. The van der Waals surface area contributed by atoms with Gasteiger partial charge in [-0.15, -0.1) is 0 Å². The fraction of sp³-hybridized carbons (Fsp3) is 0.333. The van der Waals surface area contributed by atoms with Crippen molar-refractivity contribution in [3.63, 3.8) is 0 Å². The average Bonchev–Trinajstić information content (AvgIpc) is 2.28. The maximum absolute atomic E-state index is 11.2. The lowest BCUT2D eigenvalue weighted by Crippen LogP contribution is -2.30. The Hall–Kier alpha value is -1.84. The second-order valence-corrected chi connectivity index (χ2v) is 3.71. The molecule has 0 heterocycles. The van der Waals surface area contributed by atoms with Crippen molar-refractivity contribution in [1.29, 1.82) is 0 Å². The van der Waals surface area contributed by atoms with Crippen LogP contribution in [0.4, 0.5) is 5.69 Å². The minimum Gasteiger partial charge on any atom is -0.361 e. The first-order chi connectivity index (χ1) is 7.56. The number of nitrogens with one attached hydrogen (secondary N) is 1. The van der Waals surface area contributed by atoms with Crippen molar-refractivity contribution in [2.24, 2.45) is 5.73 Å². The molecule has 4 heteroatoms. The van der Waals surface area contributed by atoms with E-state index in [0.717, 1.165) is 12.0 Å². The number of amides is 2. The van der Waals surface area contributed by atoms with Crippen LogP contribution in [-0.2, 0) is 9.59 Å². The molecular formula is C12H16N2O2. The van der Waals surface area contributed by atoms with Gasteiger partial charge in [-0.05, 0) is 24.0 Å². The predicted octanol–water partition coefficient (Wildman–Crippen LogP) is 1.62. The summed E-state index contributed by atoms with van der Waals surface area (Å²) in [4.78, 5) is 21.9. The molecule has 0 aliphatic carbocycles. The molecule has 4 nitrogen and oxygen atoms in total. The molecule has 2 amide bonds. The Balaban J connectivity index is 2.95. The molecule has 1 aromatic carbocycles. The number of primary amides is 1. The standard InChI is InChI=1S/C12H16N2O2/c1-3-8(2)9-6-4-5-7-10(9)14-12(16)11(13)15/h4-8H,3H2,1-2H3,(H2,13,15)(H,14,16). The molecule has 86 valence electrons. The first kappa shape index (κ1) is 12.2. The highest BCUT2D eigenvalue weighted by Gasteiger charge is 2.13. The van der Waals surface area contributed by atoms with Crippen LogP contribution in [0.1, 0.15) is 31.7 Å². The summed E-state index contributed by atoms with van der Waals surface area (Å²) in [5.74, 6) is -1.43. The maximum atomic E-state index is 11.2. The molecular weight excluding hydrogens is 204 g/mol. The first-order valence-electron chi connectivity index (χ1n) is 5.26. The Morgan fingerprint density at radius 2 is 2.00 bits per heavy atom. The van der Waals surface area contributed by atoms with Crippen molar-refractivity contribution in [2.75, 3.05) is 5.32 Å². The van der Waals surface area contributed by atoms with E-state index in [4.69, 9.17) is 5.73 Å². The van der Waals surface area contributed by atoms with Gasteiger partial charge in [-0.1, -0.05) is 32.0 Å². The van der Waals surface area contributed by atoms with E-state index in [9.17, 15) is 9.59 Å². The topological polar surface area (TPSA) is 72.2 Å². The molecule has 1 atom stereocenters. The number of hydrogen-bond acceptors (Lipinski definition) is 2. The SMILES string of the molecule is CCC(C)c1ccccc1NC(=O)C(N)=O. The summed E-state index contributed by atoms with van der Waals surface area (Å²) in [6.07, 6.45) is 0.962. The molecule has 1 rings (SSSR count). The third-order valence-electron chi connectivity index (χ3n) is 2.58. The molecule has 1 unspecified atom stereocenters. The van der Waals surface area contributed by atoms with Gasteiger partial charge in [0.25, 0.3) is 0 Å². The Morgan fingerprint density at radius 1 is 1.38 bits per heavy atom. The van der Waals surface area contributed by atoms with E-state index in [2.05, 4.69) is 19.2 Å². The van der Waals surface area contributed by atoms with Gasteiger partial charge in [-0.3, -0.25) is 9.59 Å². The van der Waals surface area contributed by atoms with Crippen LogP contribution in [0.5, 0.6) is 0 Å². The summed E-state index contributed by atoms with van der Waals surface area (Å²) in [5, 5.41) is 2.51. The van der Waals surface area contributed by atoms with Gasteiger partial charge in [0.1, 0.15) is 0 Å². The van der Waals surface area contributed by atoms with E-state index >= 15 is 0 Å². The van der Waals surface area contributed by atoms with E-state index in [1.807, 2.05) is 18.2 Å². The summed E-state index contributed by atoms with van der Waals surface area (Å²) < 4.78 is 0. The number of rotatable bonds is 3. The molecule has 3 N–H and O–H groups in total. The van der Waals surface area contributed by atoms with Crippen molar-refractivity contribution < 1.29 is 9.59 Å².